The Morgan fingerprint density at radius 2 is 1.90 bits per heavy atom. The molecule has 118 valence electrons. The minimum atomic E-state index is -0.136. The van der Waals surface area contributed by atoms with Gasteiger partial charge in [-0.3, -0.25) is 9.80 Å². The quantitative estimate of drug-likeness (QED) is 0.704. The average Bonchev–Trinajstić information content (AvgIpc) is 3.30. The Morgan fingerprint density at radius 3 is 2.40 bits per heavy atom. The molecule has 2 unspecified atom stereocenters. The van der Waals surface area contributed by atoms with Gasteiger partial charge in [-0.2, -0.15) is 0 Å². The molecule has 0 spiro atoms. The van der Waals surface area contributed by atoms with E-state index < -0.39 is 0 Å². The minimum absolute atomic E-state index is 0.136. The van der Waals surface area contributed by atoms with Crippen molar-refractivity contribution in [3.8, 4) is 0 Å². The standard InChI is InChI=1S/C16H33N3O/c1-4-7-17-16(3,13-20)12-14(2)18-8-10-19(11-9-18)15-5-6-15/h14-15,17,20H,4-13H2,1-3H3. The second-order valence-corrected chi connectivity index (χ2v) is 7.00. The van der Waals surface area contributed by atoms with Gasteiger partial charge in [0.15, 0.2) is 0 Å². The van der Waals surface area contributed by atoms with Crippen molar-refractivity contribution in [3.05, 3.63) is 0 Å². The largest absolute Gasteiger partial charge is 0.394 e. The molecule has 1 saturated heterocycles. The lowest BCUT2D eigenvalue weighted by Crippen LogP contribution is -2.54. The van der Waals surface area contributed by atoms with Gasteiger partial charge in [-0.25, -0.2) is 0 Å². The zero-order valence-corrected chi connectivity index (χ0v) is 13.6. The minimum Gasteiger partial charge on any atom is -0.394 e. The van der Waals surface area contributed by atoms with Gasteiger partial charge < -0.3 is 10.4 Å². The normalized spacial score (nSPS) is 26.4. The number of hydrogen-bond donors (Lipinski definition) is 2. The highest BCUT2D eigenvalue weighted by atomic mass is 16.3. The molecule has 0 radical (unpaired) electrons. The highest BCUT2D eigenvalue weighted by Gasteiger charge is 2.33. The van der Waals surface area contributed by atoms with Gasteiger partial charge in [0, 0.05) is 43.8 Å². The first-order valence-corrected chi connectivity index (χ1v) is 8.42. The van der Waals surface area contributed by atoms with Crippen LogP contribution in [0.5, 0.6) is 0 Å². The smallest absolute Gasteiger partial charge is 0.0611 e. The molecule has 2 atom stereocenters. The Kier molecular flexibility index (Phi) is 5.84. The Bertz CT molecular complexity index is 287. The molecular formula is C16H33N3O. The fourth-order valence-corrected chi connectivity index (χ4v) is 3.38. The molecule has 0 aromatic heterocycles. The fraction of sp³-hybridized carbons (Fsp3) is 1.00. The Hall–Kier alpha value is -0.160. The zero-order valence-electron chi connectivity index (χ0n) is 13.6. The van der Waals surface area contributed by atoms with Crippen LogP contribution in [0.25, 0.3) is 0 Å². The summed E-state index contributed by atoms with van der Waals surface area (Å²) >= 11 is 0. The van der Waals surface area contributed by atoms with Crippen LogP contribution in [0, 0.1) is 0 Å². The summed E-state index contributed by atoms with van der Waals surface area (Å²) < 4.78 is 0. The van der Waals surface area contributed by atoms with Crippen LogP contribution in [0.15, 0.2) is 0 Å². The zero-order chi connectivity index (χ0) is 14.6. The molecule has 4 heteroatoms. The predicted molar refractivity (Wildman–Crippen MR) is 84.0 cm³/mol. The van der Waals surface area contributed by atoms with Gasteiger partial charge in [0.25, 0.3) is 0 Å². The van der Waals surface area contributed by atoms with Crippen LogP contribution < -0.4 is 5.32 Å². The molecule has 2 fully saturated rings. The van der Waals surface area contributed by atoms with Crippen molar-refractivity contribution >= 4 is 0 Å². The molecule has 2 aliphatic rings. The third-order valence-electron chi connectivity index (χ3n) is 4.93. The molecule has 1 aliphatic heterocycles. The first-order chi connectivity index (χ1) is 9.58. The average molecular weight is 283 g/mol. The molecule has 2 N–H and O–H groups in total. The first kappa shape index (κ1) is 16.2. The molecule has 0 aromatic carbocycles. The van der Waals surface area contributed by atoms with Crippen LogP contribution in [0.3, 0.4) is 0 Å². The Labute approximate surface area is 124 Å². The van der Waals surface area contributed by atoms with E-state index in [2.05, 4.69) is 35.9 Å². The maximum Gasteiger partial charge on any atom is 0.0611 e. The summed E-state index contributed by atoms with van der Waals surface area (Å²) in [5.74, 6) is 0. The molecule has 0 bridgehead atoms. The molecule has 4 nitrogen and oxygen atoms in total. The monoisotopic (exact) mass is 283 g/mol. The summed E-state index contributed by atoms with van der Waals surface area (Å²) in [6, 6.07) is 1.44. The van der Waals surface area contributed by atoms with Crippen LogP contribution >= 0.6 is 0 Å². The molecule has 0 amide bonds. The molecular weight excluding hydrogens is 250 g/mol. The summed E-state index contributed by atoms with van der Waals surface area (Å²) in [6.45, 7) is 12.7. The van der Waals surface area contributed by atoms with Crippen molar-refractivity contribution in [2.24, 2.45) is 0 Å². The SMILES string of the molecule is CCCNC(C)(CO)CC(C)N1CCN(C2CC2)CC1. The number of nitrogens with zero attached hydrogens (tertiary/aromatic N) is 2. The van der Waals surface area contributed by atoms with Gasteiger partial charge in [0.2, 0.25) is 0 Å². The summed E-state index contributed by atoms with van der Waals surface area (Å²) in [4.78, 5) is 5.25. The molecule has 1 heterocycles. The number of nitrogens with one attached hydrogen (secondary N) is 1. The molecule has 2 rings (SSSR count). The van der Waals surface area contributed by atoms with Gasteiger partial charge in [-0.05, 0) is 46.1 Å². The lowest BCUT2D eigenvalue weighted by Gasteiger charge is -2.41. The fourth-order valence-electron chi connectivity index (χ4n) is 3.38. The number of aliphatic hydroxyl groups is 1. The predicted octanol–water partition coefficient (Wildman–Crippen LogP) is 1.30. The molecule has 1 saturated carbocycles. The van der Waals surface area contributed by atoms with Crippen LogP contribution in [0.2, 0.25) is 0 Å². The Morgan fingerprint density at radius 1 is 1.25 bits per heavy atom. The van der Waals surface area contributed by atoms with Crippen molar-refractivity contribution in [1.82, 2.24) is 15.1 Å². The van der Waals surface area contributed by atoms with Crippen molar-refractivity contribution in [2.75, 3.05) is 39.3 Å². The lowest BCUT2D eigenvalue weighted by atomic mass is 9.93. The van der Waals surface area contributed by atoms with Gasteiger partial charge in [0.1, 0.15) is 0 Å². The summed E-state index contributed by atoms with van der Waals surface area (Å²) in [6.07, 6.45) is 4.97. The van der Waals surface area contributed by atoms with E-state index in [1.807, 2.05) is 0 Å². The second-order valence-electron chi connectivity index (χ2n) is 7.00. The van der Waals surface area contributed by atoms with Gasteiger partial charge in [-0.1, -0.05) is 6.92 Å². The van der Waals surface area contributed by atoms with Gasteiger partial charge >= 0.3 is 0 Å². The molecule has 20 heavy (non-hydrogen) atoms. The number of aliphatic hydroxyl groups excluding tert-OH is 1. The van der Waals surface area contributed by atoms with E-state index in [-0.39, 0.29) is 12.1 Å². The van der Waals surface area contributed by atoms with E-state index in [4.69, 9.17) is 0 Å². The lowest BCUT2D eigenvalue weighted by molar-refractivity contribution is 0.0687. The molecule has 0 aromatic rings. The number of rotatable bonds is 8. The maximum atomic E-state index is 9.69. The topological polar surface area (TPSA) is 38.7 Å². The van der Waals surface area contributed by atoms with Gasteiger partial charge in [-0.15, -0.1) is 0 Å². The highest BCUT2D eigenvalue weighted by molar-refractivity contribution is 4.91. The first-order valence-electron chi connectivity index (χ1n) is 8.42. The number of piperazine rings is 1. The van der Waals surface area contributed by atoms with Crippen LogP contribution in [0.4, 0.5) is 0 Å². The van der Waals surface area contributed by atoms with Crippen molar-refractivity contribution in [3.63, 3.8) is 0 Å². The maximum absolute atomic E-state index is 9.69. The van der Waals surface area contributed by atoms with Crippen LogP contribution in [-0.4, -0.2) is 71.9 Å². The van der Waals surface area contributed by atoms with E-state index in [0.29, 0.717) is 6.04 Å². The molecule has 1 aliphatic carbocycles. The number of hydrogen-bond acceptors (Lipinski definition) is 4. The van der Waals surface area contributed by atoms with E-state index in [0.717, 1.165) is 25.4 Å². The van der Waals surface area contributed by atoms with E-state index >= 15 is 0 Å². The van der Waals surface area contributed by atoms with Crippen LogP contribution in [0.1, 0.15) is 46.5 Å². The van der Waals surface area contributed by atoms with Crippen LogP contribution in [-0.2, 0) is 0 Å². The van der Waals surface area contributed by atoms with E-state index in [1.54, 1.807) is 0 Å². The van der Waals surface area contributed by atoms with E-state index in [9.17, 15) is 5.11 Å². The summed E-state index contributed by atoms with van der Waals surface area (Å²) in [7, 11) is 0. The van der Waals surface area contributed by atoms with Crippen molar-refractivity contribution in [2.45, 2.75) is 64.1 Å². The highest BCUT2D eigenvalue weighted by Crippen LogP contribution is 2.28. The summed E-state index contributed by atoms with van der Waals surface area (Å²) in [5.41, 5.74) is -0.136. The Balaban J connectivity index is 1.76. The van der Waals surface area contributed by atoms with Crippen molar-refractivity contribution in [1.29, 1.82) is 0 Å². The second kappa shape index (κ2) is 7.21. The van der Waals surface area contributed by atoms with E-state index in [1.165, 1.54) is 39.0 Å². The third-order valence-corrected chi connectivity index (χ3v) is 4.93. The van der Waals surface area contributed by atoms with Crippen molar-refractivity contribution < 1.29 is 5.11 Å². The summed E-state index contributed by atoms with van der Waals surface area (Å²) in [5, 5.41) is 13.2. The van der Waals surface area contributed by atoms with Gasteiger partial charge in [0.05, 0.1) is 6.61 Å². The third kappa shape index (κ3) is 4.42.